The summed E-state index contributed by atoms with van der Waals surface area (Å²) in [5.41, 5.74) is 2.70. The predicted molar refractivity (Wildman–Crippen MR) is 142 cm³/mol. The fourth-order valence-electron chi connectivity index (χ4n) is 3.82. The van der Waals surface area contributed by atoms with Gasteiger partial charge in [0.2, 0.25) is 5.91 Å². The van der Waals surface area contributed by atoms with Gasteiger partial charge in [0.05, 0.1) is 41.1 Å². The molecular formula is C26H23N5O3S2. The molecule has 2 aromatic carbocycles. The van der Waals surface area contributed by atoms with E-state index in [1.165, 1.54) is 30.2 Å². The molecule has 0 saturated heterocycles. The molecule has 1 atom stereocenters. The molecule has 0 fully saturated rings. The van der Waals surface area contributed by atoms with E-state index in [1.54, 1.807) is 36.7 Å². The van der Waals surface area contributed by atoms with Gasteiger partial charge in [-0.2, -0.15) is 5.26 Å². The van der Waals surface area contributed by atoms with Gasteiger partial charge in [0, 0.05) is 22.8 Å². The van der Waals surface area contributed by atoms with Gasteiger partial charge in [0.15, 0.2) is 5.13 Å². The lowest BCUT2D eigenvalue weighted by molar-refractivity contribution is -0.114. The second-order valence-electron chi connectivity index (χ2n) is 7.69. The van der Waals surface area contributed by atoms with Gasteiger partial charge < -0.3 is 20.7 Å². The van der Waals surface area contributed by atoms with E-state index in [2.05, 4.69) is 27.0 Å². The zero-order valence-electron chi connectivity index (χ0n) is 19.6. The Balaban J connectivity index is 1.64. The van der Waals surface area contributed by atoms with Crippen LogP contribution in [-0.4, -0.2) is 29.7 Å². The third kappa shape index (κ3) is 5.59. The molecule has 182 valence electrons. The molecule has 0 unspecified atom stereocenters. The Morgan fingerprint density at radius 2 is 1.92 bits per heavy atom. The molecule has 10 heteroatoms. The number of hydrogen-bond acceptors (Lipinski definition) is 8. The van der Waals surface area contributed by atoms with Crippen molar-refractivity contribution in [3.63, 3.8) is 0 Å². The van der Waals surface area contributed by atoms with Crippen molar-refractivity contribution in [2.24, 2.45) is 0 Å². The summed E-state index contributed by atoms with van der Waals surface area (Å²) < 4.78 is 5.37. The quantitative estimate of drug-likeness (QED) is 0.391. The van der Waals surface area contributed by atoms with Crippen molar-refractivity contribution in [2.45, 2.75) is 12.8 Å². The molecule has 3 aromatic rings. The number of nitrogens with one attached hydrogen (secondary N) is 3. The maximum atomic E-state index is 13.6. The monoisotopic (exact) mass is 517 g/mol. The van der Waals surface area contributed by atoms with Crippen molar-refractivity contribution in [1.29, 1.82) is 5.26 Å². The molecule has 1 aliphatic rings. The van der Waals surface area contributed by atoms with Crippen LogP contribution in [0.4, 0.5) is 10.8 Å². The Labute approximate surface area is 217 Å². The molecule has 1 aromatic heterocycles. The summed E-state index contributed by atoms with van der Waals surface area (Å²) in [4.78, 5) is 30.1. The minimum Gasteiger partial charge on any atom is -0.495 e. The smallest absolute Gasteiger partial charge is 0.254 e. The van der Waals surface area contributed by atoms with Gasteiger partial charge in [0.1, 0.15) is 5.75 Å². The number of ether oxygens (including phenoxy) is 1. The van der Waals surface area contributed by atoms with Gasteiger partial charge in [0.25, 0.3) is 5.91 Å². The molecule has 0 saturated carbocycles. The molecule has 8 nitrogen and oxygen atoms in total. The zero-order valence-corrected chi connectivity index (χ0v) is 21.2. The number of nitriles is 1. The third-order valence-electron chi connectivity index (χ3n) is 5.41. The van der Waals surface area contributed by atoms with Gasteiger partial charge in [-0.3, -0.25) is 9.59 Å². The number of allylic oxidation sites excluding steroid dienone is 2. The molecule has 4 rings (SSSR count). The molecule has 0 aliphatic carbocycles. The lowest BCUT2D eigenvalue weighted by atomic mass is 9.82. The molecule has 2 amide bonds. The van der Waals surface area contributed by atoms with Crippen molar-refractivity contribution in [3.05, 3.63) is 93.6 Å². The van der Waals surface area contributed by atoms with Gasteiger partial charge in [-0.25, -0.2) is 4.98 Å². The summed E-state index contributed by atoms with van der Waals surface area (Å²) in [5.74, 6) is -0.597. The third-order valence-corrected chi connectivity index (χ3v) is 7.11. The van der Waals surface area contributed by atoms with Crippen LogP contribution in [-0.2, 0) is 9.59 Å². The Hall–Kier alpha value is -4.07. The summed E-state index contributed by atoms with van der Waals surface area (Å²) >= 11 is 2.54. The fourth-order valence-corrected chi connectivity index (χ4v) is 5.26. The SMILES string of the molecule is COc1ccccc1NC(=O)C1=C(C)NC(SCC(=O)Nc2nccs2)=C(C#N)[C@@H]1c1ccccc1. The first-order chi connectivity index (χ1) is 17.5. The van der Waals surface area contributed by atoms with E-state index in [0.717, 1.165) is 5.56 Å². The number of benzene rings is 2. The summed E-state index contributed by atoms with van der Waals surface area (Å²) in [6, 6.07) is 18.8. The number of aromatic nitrogens is 1. The van der Waals surface area contributed by atoms with E-state index >= 15 is 0 Å². The molecule has 0 spiro atoms. The first kappa shape index (κ1) is 25.0. The molecule has 0 bridgehead atoms. The number of methoxy groups -OCH3 is 1. The maximum Gasteiger partial charge on any atom is 0.254 e. The molecule has 2 heterocycles. The number of amides is 2. The van der Waals surface area contributed by atoms with Crippen LogP contribution in [0.25, 0.3) is 0 Å². The second kappa shape index (κ2) is 11.6. The standard InChI is InChI=1S/C26H23N5O3S2/c1-16-22(24(33)30-19-10-6-7-11-20(19)34-2)23(17-8-4-3-5-9-17)18(14-27)25(29-16)36-15-21(32)31-26-28-12-13-35-26/h3-13,23,29H,15H2,1-2H3,(H,30,33)(H,28,31,32)/t23-/m0/s1. The summed E-state index contributed by atoms with van der Waals surface area (Å²) in [6.45, 7) is 1.79. The van der Waals surface area contributed by atoms with Gasteiger partial charge >= 0.3 is 0 Å². The first-order valence-corrected chi connectivity index (χ1v) is 12.8. The van der Waals surface area contributed by atoms with Gasteiger partial charge in [-0.1, -0.05) is 54.2 Å². The average molecular weight is 518 g/mol. The van der Waals surface area contributed by atoms with Crippen molar-refractivity contribution < 1.29 is 14.3 Å². The number of hydrogen-bond donors (Lipinski definition) is 3. The zero-order chi connectivity index (χ0) is 25.5. The number of rotatable bonds is 8. The molecule has 0 radical (unpaired) electrons. The number of carbonyl (C=O) groups is 2. The minimum atomic E-state index is -0.614. The molecule has 1 aliphatic heterocycles. The summed E-state index contributed by atoms with van der Waals surface area (Å²) in [6.07, 6.45) is 1.61. The van der Waals surface area contributed by atoms with Crippen LogP contribution in [0.1, 0.15) is 18.4 Å². The van der Waals surface area contributed by atoms with Crippen LogP contribution < -0.4 is 20.7 Å². The Morgan fingerprint density at radius 1 is 1.17 bits per heavy atom. The number of thiazole rings is 1. The maximum absolute atomic E-state index is 13.6. The van der Waals surface area contributed by atoms with Crippen LogP contribution in [0.3, 0.4) is 0 Å². The number of para-hydroxylation sites is 2. The second-order valence-corrected chi connectivity index (χ2v) is 9.57. The Morgan fingerprint density at radius 3 is 2.61 bits per heavy atom. The highest BCUT2D eigenvalue weighted by Gasteiger charge is 2.35. The average Bonchev–Trinajstić information content (AvgIpc) is 3.40. The molecular weight excluding hydrogens is 494 g/mol. The van der Waals surface area contributed by atoms with Crippen LogP contribution >= 0.6 is 23.1 Å². The largest absolute Gasteiger partial charge is 0.495 e. The van der Waals surface area contributed by atoms with Crippen molar-refractivity contribution in [3.8, 4) is 11.8 Å². The number of dihydropyridines is 1. The van der Waals surface area contributed by atoms with Gasteiger partial charge in [-0.05, 0) is 24.6 Å². The normalized spacial score (nSPS) is 15.1. The molecule has 3 N–H and O–H groups in total. The van der Waals surface area contributed by atoms with Gasteiger partial charge in [-0.15, -0.1) is 11.3 Å². The van der Waals surface area contributed by atoms with E-state index < -0.39 is 5.92 Å². The van der Waals surface area contributed by atoms with Crippen LogP contribution in [0.15, 0.2) is 88.0 Å². The predicted octanol–water partition coefficient (Wildman–Crippen LogP) is 4.86. The van der Waals surface area contributed by atoms with Crippen molar-refractivity contribution in [2.75, 3.05) is 23.5 Å². The van der Waals surface area contributed by atoms with E-state index in [-0.39, 0.29) is 17.6 Å². The summed E-state index contributed by atoms with van der Waals surface area (Å²) in [5, 5.41) is 21.9. The highest BCUT2D eigenvalue weighted by Crippen LogP contribution is 2.41. The highest BCUT2D eigenvalue weighted by atomic mass is 32.2. The Kier molecular flexibility index (Phi) is 8.05. The lowest BCUT2D eigenvalue weighted by Gasteiger charge is -2.30. The van der Waals surface area contributed by atoms with E-state index in [9.17, 15) is 14.9 Å². The summed E-state index contributed by atoms with van der Waals surface area (Å²) in [7, 11) is 1.54. The molecule has 36 heavy (non-hydrogen) atoms. The number of thioether (sulfide) groups is 1. The van der Waals surface area contributed by atoms with Crippen LogP contribution in [0.2, 0.25) is 0 Å². The Bertz CT molecular complexity index is 1360. The first-order valence-electron chi connectivity index (χ1n) is 10.9. The van der Waals surface area contributed by atoms with Crippen molar-refractivity contribution in [1.82, 2.24) is 10.3 Å². The van der Waals surface area contributed by atoms with E-state index in [0.29, 0.717) is 38.4 Å². The fraction of sp³-hybridized carbons (Fsp3) is 0.154. The number of anilines is 2. The topological polar surface area (TPSA) is 116 Å². The van der Waals surface area contributed by atoms with Crippen LogP contribution in [0.5, 0.6) is 5.75 Å². The van der Waals surface area contributed by atoms with E-state index in [1.807, 2.05) is 36.4 Å². The van der Waals surface area contributed by atoms with Crippen LogP contribution in [0, 0.1) is 11.3 Å². The lowest BCUT2D eigenvalue weighted by Crippen LogP contribution is -2.31. The number of carbonyl (C=O) groups excluding carboxylic acids is 2. The number of nitrogens with zero attached hydrogens (tertiary/aromatic N) is 2. The highest BCUT2D eigenvalue weighted by molar-refractivity contribution is 8.03. The van der Waals surface area contributed by atoms with E-state index in [4.69, 9.17) is 4.74 Å². The van der Waals surface area contributed by atoms with Crippen molar-refractivity contribution >= 4 is 45.7 Å². The minimum absolute atomic E-state index is 0.0740.